The quantitative estimate of drug-likeness (QED) is 0.573. The lowest BCUT2D eigenvalue weighted by atomic mass is 9.76. The van der Waals surface area contributed by atoms with Gasteiger partial charge in [-0.05, 0) is 43.4 Å². The fourth-order valence-electron chi connectivity index (χ4n) is 4.81. The average Bonchev–Trinajstić information content (AvgIpc) is 2.84. The molecule has 0 radical (unpaired) electrons. The van der Waals surface area contributed by atoms with E-state index in [-0.39, 0.29) is 46.8 Å². The van der Waals surface area contributed by atoms with E-state index in [0.29, 0.717) is 13.0 Å². The highest BCUT2D eigenvalue weighted by molar-refractivity contribution is 6.00. The number of nitrogens with one attached hydrogen (secondary N) is 1. The molecule has 3 atom stereocenters. The lowest BCUT2D eigenvalue weighted by molar-refractivity contribution is -0.138. The van der Waals surface area contributed by atoms with Gasteiger partial charge in [-0.1, -0.05) is 6.07 Å². The van der Waals surface area contributed by atoms with E-state index < -0.39 is 17.6 Å². The molecular weight excluding hydrogens is 452 g/mol. The van der Waals surface area contributed by atoms with E-state index in [4.69, 9.17) is 0 Å². The first-order chi connectivity index (χ1) is 16.3. The Labute approximate surface area is 192 Å². The van der Waals surface area contributed by atoms with Crippen LogP contribution in [-0.2, 0) is 6.18 Å². The molecule has 3 fully saturated rings. The number of hydrogen-bond donors (Lipinski definition) is 1. The standard InChI is InChI=1S/C23H20F4N6O/c24-16-4-1-3-15(19(16)20-28-7-2-8-29-20)21(34)33-12-13-5-6-18(33)17(9-13)32-22-30-10-14(11-31-22)23(25,26)27/h1-4,7-8,10-11,13,17-18H,5-6,9,12H2,(H,30,31,32)/t13-,17+,18-/m0/s1. The molecule has 34 heavy (non-hydrogen) atoms. The van der Waals surface area contributed by atoms with Crippen molar-refractivity contribution in [1.29, 1.82) is 0 Å². The smallest absolute Gasteiger partial charge is 0.349 e. The Morgan fingerprint density at radius 1 is 1.03 bits per heavy atom. The number of nitrogens with zero attached hydrogens (tertiary/aromatic N) is 5. The van der Waals surface area contributed by atoms with Gasteiger partial charge in [0.1, 0.15) is 5.82 Å². The normalized spacial score (nSPS) is 22.0. The molecule has 2 bridgehead atoms. The monoisotopic (exact) mass is 472 g/mol. The van der Waals surface area contributed by atoms with E-state index >= 15 is 0 Å². The maximum absolute atomic E-state index is 14.8. The van der Waals surface area contributed by atoms with Crippen molar-refractivity contribution in [3.05, 3.63) is 66.0 Å². The summed E-state index contributed by atoms with van der Waals surface area (Å²) in [6.07, 6.45) is 2.29. The zero-order valence-corrected chi connectivity index (χ0v) is 17.8. The van der Waals surface area contributed by atoms with Gasteiger partial charge in [0.2, 0.25) is 5.95 Å². The molecule has 3 aromatic rings. The minimum absolute atomic E-state index is 0.0464. The molecule has 0 spiro atoms. The van der Waals surface area contributed by atoms with E-state index in [1.807, 2.05) is 0 Å². The highest BCUT2D eigenvalue weighted by atomic mass is 19.4. The van der Waals surface area contributed by atoms with Crippen molar-refractivity contribution in [3.8, 4) is 11.4 Å². The second-order valence-electron chi connectivity index (χ2n) is 8.48. The lowest BCUT2D eigenvalue weighted by Gasteiger charge is -2.50. The molecule has 1 saturated carbocycles. The highest BCUT2D eigenvalue weighted by Gasteiger charge is 2.44. The number of fused-ring (bicyclic) bond motifs is 3. The molecule has 0 unspecified atom stereocenters. The third-order valence-electron chi connectivity index (χ3n) is 6.37. The molecule has 1 aromatic carbocycles. The zero-order valence-electron chi connectivity index (χ0n) is 17.8. The molecule has 1 aliphatic carbocycles. The Bertz CT molecular complexity index is 1190. The van der Waals surface area contributed by atoms with Crippen LogP contribution in [0.4, 0.5) is 23.5 Å². The summed E-state index contributed by atoms with van der Waals surface area (Å²) in [7, 11) is 0. The molecule has 2 aromatic heterocycles. The van der Waals surface area contributed by atoms with Crippen LogP contribution < -0.4 is 5.32 Å². The van der Waals surface area contributed by atoms with Crippen molar-refractivity contribution >= 4 is 11.9 Å². The maximum atomic E-state index is 14.8. The van der Waals surface area contributed by atoms with Crippen LogP contribution in [0.25, 0.3) is 11.4 Å². The molecule has 1 N–H and O–H groups in total. The number of benzene rings is 1. The van der Waals surface area contributed by atoms with Crippen LogP contribution in [0.3, 0.4) is 0 Å². The molecular formula is C23H20F4N6O. The summed E-state index contributed by atoms with van der Waals surface area (Å²) in [4.78, 5) is 31.1. The van der Waals surface area contributed by atoms with Crippen molar-refractivity contribution in [2.45, 2.75) is 37.5 Å². The Kier molecular flexibility index (Phi) is 5.62. The summed E-state index contributed by atoms with van der Waals surface area (Å²) >= 11 is 0. The predicted molar refractivity (Wildman–Crippen MR) is 114 cm³/mol. The Balaban J connectivity index is 1.40. The van der Waals surface area contributed by atoms with Crippen molar-refractivity contribution in [2.75, 3.05) is 11.9 Å². The second-order valence-corrected chi connectivity index (χ2v) is 8.48. The topological polar surface area (TPSA) is 83.9 Å². The SMILES string of the molecule is O=C(c1cccc(F)c1-c1ncccn1)N1C[C@H]2CC[C@H]1[C@H](Nc1ncc(C(F)(F)F)cn1)C2. The molecule has 11 heteroatoms. The third-order valence-corrected chi connectivity index (χ3v) is 6.37. The summed E-state index contributed by atoms with van der Waals surface area (Å²) in [6, 6.07) is 5.42. The van der Waals surface area contributed by atoms with Crippen molar-refractivity contribution in [2.24, 2.45) is 5.92 Å². The molecule has 2 aliphatic heterocycles. The number of piperidine rings is 2. The first-order valence-corrected chi connectivity index (χ1v) is 10.8. The number of amides is 1. The largest absolute Gasteiger partial charge is 0.419 e. The second kappa shape index (κ2) is 8.62. The number of aromatic nitrogens is 4. The average molecular weight is 472 g/mol. The molecule has 7 nitrogen and oxygen atoms in total. The number of carbonyl (C=O) groups is 1. The number of anilines is 1. The minimum atomic E-state index is -4.52. The van der Waals surface area contributed by atoms with Gasteiger partial charge in [-0.15, -0.1) is 0 Å². The zero-order chi connectivity index (χ0) is 23.9. The van der Waals surface area contributed by atoms with Crippen molar-refractivity contribution in [3.63, 3.8) is 0 Å². The van der Waals surface area contributed by atoms with Crippen LogP contribution >= 0.6 is 0 Å². The molecule has 3 aliphatic rings. The molecule has 4 heterocycles. The van der Waals surface area contributed by atoms with Crippen LogP contribution in [0, 0.1) is 11.7 Å². The van der Waals surface area contributed by atoms with E-state index in [9.17, 15) is 22.4 Å². The fraction of sp³-hybridized carbons (Fsp3) is 0.348. The van der Waals surface area contributed by atoms with Gasteiger partial charge in [-0.3, -0.25) is 4.79 Å². The number of hydrogen-bond acceptors (Lipinski definition) is 6. The van der Waals surface area contributed by atoms with Gasteiger partial charge in [0.15, 0.2) is 5.82 Å². The van der Waals surface area contributed by atoms with E-state index in [1.54, 1.807) is 17.0 Å². The first-order valence-electron chi connectivity index (χ1n) is 10.8. The van der Waals surface area contributed by atoms with Crippen LogP contribution in [-0.4, -0.2) is 49.4 Å². The van der Waals surface area contributed by atoms with Gasteiger partial charge in [-0.25, -0.2) is 24.3 Å². The molecule has 2 saturated heterocycles. The van der Waals surface area contributed by atoms with Crippen molar-refractivity contribution in [1.82, 2.24) is 24.8 Å². The van der Waals surface area contributed by atoms with Crippen molar-refractivity contribution < 1.29 is 22.4 Å². The molecule has 6 rings (SSSR count). The van der Waals surface area contributed by atoms with Gasteiger partial charge >= 0.3 is 6.18 Å². The first kappa shape index (κ1) is 22.2. The number of halogens is 4. The summed E-state index contributed by atoms with van der Waals surface area (Å²) in [5.41, 5.74) is -0.713. The summed E-state index contributed by atoms with van der Waals surface area (Å²) in [5.74, 6) is -0.532. The summed E-state index contributed by atoms with van der Waals surface area (Å²) in [6.45, 7) is 0.515. The van der Waals surface area contributed by atoms with Gasteiger partial charge < -0.3 is 10.2 Å². The summed E-state index contributed by atoms with van der Waals surface area (Å²) < 4.78 is 53.2. The Hall–Kier alpha value is -3.63. The molecule has 176 valence electrons. The van der Waals surface area contributed by atoms with Gasteiger partial charge in [0, 0.05) is 37.4 Å². The van der Waals surface area contributed by atoms with Gasteiger partial charge in [-0.2, -0.15) is 13.2 Å². The number of rotatable bonds is 4. The van der Waals surface area contributed by atoms with E-state index in [1.165, 1.54) is 24.5 Å². The van der Waals surface area contributed by atoms with Crippen LogP contribution in [0.1, 0.15) is 35.2 Å². The van der Waals surface area contributed by atoms with Crippen LogP contribution in [0.2, 0.25) is 0 Å². The van der Waals surface area contributed by atoms with Gasteiger partial charge in [0.05, 0.1) is 22.7 Å². The number of carbonyl (C=O) groups excluding carboxylic acids is 1. The fourth-order valence-corrected chi connectivity index (χ4v) is 4.81. The van der Waals surface area contributed by atoms with E-state index in [2.05, 4.69) is 25.3 Å². The van der Waals surface area contributed by atoms with Gasteiger partial charge in [0.25, 0.3) is 5.91 Å². The lowest BCUT2D eigenvalue weighted by Crippen LogP contribution is -2.60. The van der Waals surface area contributed by atoms with E-state index in [0.717, 1.165) is 25.2 Å². The predicted octanol–water partition coefficient (Wildman–Crippen LogP) is 4.20. The number of alkyl halides is 3. The molecule has 1 amide bonds. The summed E-state index contributed by atoms with van der Waals surface area (Å²) in [5, 5.41) is 3.10. The Morgan fingerprint density at radius 3 is 2.44 bits per heavy atom. The van der Waals surface area contributed by atoms with Crippen LogP contribution in [0.15, 0.2) is 49.1 Å². The minimum Gasteiger partial charge on any atom is -0.349 e. The third kappa shape index (κ3) is 4.17. The van der Waals surface area contributed by atoms with Crippen LogP contribution in [0.5, 0.6) is 0 Å². The maximum Gasteiger partial charge on any atom is 0.419 e. The Morgan fingerprint density at radius 2 is 1.76 bits per heavy atom. The highest BCUT2D eigenvalue weighted by Crippen LogP contribution is 2.38.